The molecule has 0 unspecified atom stereocenters. The Labute approximate surface area is 68.4 Å². The summed E-state index contributed by atoms with van der Waals surface area (Å²) in [5.74, 6) is 0. The van der Waals surface area contributed by atoms with Gasteiger partial charge in [0, 0.05) is 11.4 Å². The molecule has 10 heavy (non-hydrogen) atoms. The zero-order valence-electron chi connectivity index (χ0n) is 6.81. The van der Waals surface area contributed by atoms with Gasteiger partial charge in [0.15, 0.2) is 0 Å². The van der Waals surface area contributed by atoms with E-state index in [0.717, 1.165) is 6.04 Å². The monoisotopic (exact) mass is 161 g/mol. The van der Waals surface area contributed by atoms with E-state index in [0.29, 0.717) is 5.38 Å². The first-order valence-electron chi connectivity index (χ1n) is 4.00. The van der Waals surface area contributed by atoms with Crippen LogP contribution in [0.25, 0.3) is 0 Å². The van der Waals surface area contributed by atoms with Crippen LogP contribution in [0.5, 0.6) is 0 Å². The minimum Gasteiger partial charge on any atom is -0.306 e. The summed E-state index contributed by atoms with van der Waals surface area (Å²) >= 11 is 5.97. The molecular weight excluding hydrogens is 146 g/mol. The van der Waals surface area contributed by atoms with Gasteiger partial charge in [0.2, 0.25) is 0 Å². The Bertz CT molecular complexity index is 95.4. The Morgan fingerprint density at radius 3 is 2.00 bits per heavy atom. The molecule has 0 heterocycles. The lowest BCUT2D eigenvalue weighted by Gasteiger charge is -2.30. The molecule has 0 amide bonds. The van der Waals surface area contributed by atoms with Crippen molar-refractivity contribution in [3.63, 3.8) is 0 Å². The minimum atomic E-state index is 0.455. The van der Waals surface area contributed by atoms with Crippen LogP contribution in [0.2, 0.25) is 0 Å². The van der Waals surface area contributed by atoms with Gasteiger partial charge in [-0.15, -0.1) is 11.6 Å². The molecule has 0 spiro atoms. The topological polar surface area (TPSA) is 3.24 Å². The van der Waals surface area contributed by atoms with Gasteiger partial charge in [-0.3, -0.25) is 0 Å². The van der Waals surface area contributed by atoms with Crippen LogP contribution >= 0.6 is 11.6 Å². The Morgan fingerprint density at radius 1 is 1.10 bits per heavy atom. The van der Waals surface area contributed by atoms with E-state index >= 15 is 0 Å². The maximum absolute atomic E-state index is 5.97. The van der Waals surface area contributed by atoms with E-state index in [1.165, 1.54) is 25.7 Å². The van der Waals surface area contributed by atoms with Crippen molar-refractivity contribution in [2.24, 2.45) is 0 Å². The van der Waals surface area contributed by atoms with Crippen LogP contribution in [-0.4, -0.2) is 30.4 Å². The number of nitrogens with zero attached hydrogens (tertiary/aromatic N) is 1. The largest absolute Gasteiger partial charge is 0.306 e. The maximum atomic E-state index is 5.97. The van der Waals surface area contributed by atoms with Gasteiger partial charge in [-0.1, -0.05) is 0 Å². The number of halogens is 1. The molecule has 0 bridgehead atoms. The molecule has 1 saturated carbocycles. The highest BCUT2D eigenvalue weighted by atomic mass is 35.5. The molecule has 0 radical (unpaired) electrons. The predicted molar refractivity (Wildman–Crippen MR) is 45.6 cm³/mol. The molecule has 1 nitrogen and oxygen atoms in total. The summed E-state index contributed by atoms with van der Waals surface area (Å²) in [6.45, 7) is 0. The number of hydrogen-bond donors (Lipinski definition) is 0. The lowest BCUT2D eigenvalue weighted by Crippen LogP contribution is -2.32. The summed E-state index contributed by atoms with van der Waals surface area (Å²) in [5.41, 5.74) is 0. The van der Waals surface area contributed by atoms with Gasteiger partial charge < -0.3 is 4.90 Å². The highest BCUT2D eigenvalue weighted by Crippen LogP contribution is 2.24. The number of alkyl halides is 1. The summed E-state index contributed by atoms with van der Waals surface area (Å²) < 4.78 is 0. The van der Waals surface area contributed by atoms with E-state index in [2.05, 4.69) is 19.0 Å². The number of hydrogen-bond acceptors (Lipinski definition) is 1. The van der Waals surface area contributed by atoms with Crippen molar-refractivity contribution >= 4 is 11.6 Å². The van der Waals surface area contributed by atoms with Crippen LogP contribution in [0.1, 0.15) is 25.7 Å². The van der Waals surface area contributed by atoms with Crippen molar-refractivity contribution in [2.75, 3.05) is 14.1 Å². The van der Waals surface area contributed by atoms with Crippen LogP contribution < -0.4 is 0 Å². The van der Waals surface area contributed by atoms with E-state index < -0.39 is 0 Å². The van der Waals surface area contributed by atoms with Gasteiger partial charge >= 0.3 is 0 Å². The molecule has 0 atom stereocenters. The first-order valence-corrected chi connectivity index (χ1v) is 4.44. The van der Waals surface area contributed by atoms with Crippen LogP contribution in [-0.2, 0) is 0 Å². The fourth-order valence-corrected chi connectivity index (χ4v) is 1.80. The van der Waals surface area contributed by atoms with E-state index in [1.807, 2.05) is 0 Å². The quantitative estimate of drug-likeness (QED) is 0.533. The highest BCUT2D eigenvalue weighted by Gasteiger charge is 2.20. The van der Waals surface area contributed by atoms with Gasteiger partial charge in [-0.05, 0) is 39.8 Å². The van der Waals surface area contributed by atoms with Crippen molar-refractivity contribution in [2.45, 2.75) is 37.1 Å². The molecule has 1 aliphatic rings. The summed E-state index contributed by atoms with van der Waals surface area (Å²) in [6, 6.07) is 0.787. The summed E-state index contributed by atoms with van der Waals surface area (Å²) in [4.78, 5) is 2.31. The molecule has 0 aromatic rings. The maximum Gasteiger partial charge on any atom is 0.0337 e. The summed E-state index contributed by atoms with van der Waals surface area (Å²) in [7, 11) is 4.30. The van der Waals surface area contributed by atoms with E-state index in [4.69, 9.17) is 11.6 Å². The van der Waals surface area contributed by atoms with Gasteiger partial charge in [-0.2, -0.15) is 0 Å². The summed E-state index contributed by atoms with van der Waals surface area (Å²) in [5, 5.41) is 0.455. The molecule has 0 aromatic carbocycles. The average molecular weight is 162 g/mol. The standard InChI is InChI=1S/C8H16ClN/c1-10(2)8-5-3-7(9)4-6-8/h7-8H,3-6H2,1-2H3. The molecule has 0 aliphatic heterocycles. The smallest absolute Gasteiger partial charge is 0.0337 e. The Kier molecular flexibility index (Phi) is 2.99. The third kappa shape index (κ3) is 2.14. The molecular formula is C8H16ClN. The van der Waals surface area contributed by atoms with Gasteiger partial charge in [-0.25, -0.2) is 0 Å². The number of rotatable bonds is 1. The third-order valence-corrected chi connectivity index (χ3v) is 2.79. The van der Waals surface area contributed by atoms with Crippen molar-refractivity contribution in [3.05, 3.63) is 0 Å². The van der Waals surface area contributed by atoms with Crippen molar-refractivity contribution < 1.29 is 0 Å². The third-order valence-electron chi connectivity index (χ3n) is 2.36. The molecule has 2 heteroatoms. The lowest BCUT2D eigenvalue weighted by atomic mass is 9.94. The Balaban J connectivity index is 2.26. The predicted octanol–water partition coefficient (Wildman–Crippen LogP) is 2.10. The molecule has 1 aliphatic carbocycles. The van der Waals surface area contributed by atoms with Gasteiger partial charge in [0.1, 0.15) is 0 Å². The Morgan fingerprint density at radius 2 is 1.60 bits per heavy atom. The zero-order valence-corrected chi connectivity index (χ0v) is 7.56. The fraction of sp³-hybridized carbons (Fsp3) is 1.00. The minimum absolute atomic E-state index is 0.455. The second kappa shape index (κ2) is 3.59. The van der Waals surface area contributed by atoms with Crippen LogP contribution in [0.3, 0.4) is 0 Å². The van der Waals surface area contributed by atoms with Crippen LogP contribution in [0, 0.1) is 0 Å². The van der Waals surface area contributed by atoms with Gasteiger partial charge in [0.25, 0.3) is 0 Å². The SMILES string of the molecule is CN(C)C1CCC(Cl)CC1. The van der Waals surface area contributed by atoms with Gasteiger partial charge in [0.05, 0.1) is 0 Å². The lowest BCUT2D eigenvalue weighted by molar-refractivity contribution is 0.231. The van der Waals surface area contributed by atoms with E-state index in [1.54, 1.807) is 0 Å². The molecule has 1 rings (SSSR count). The second-order valence-corrected chi connectivity index (χ2v) is 3.99. The second-order valence-electron chi connectivity index (χ2n) is 3.37. The van der Waals surface area contributed by atoms with E-state index in [9.17, 15) is 0 Å². The zero-order chi connectivity index (χ0) is 7.56. The molecule has 0 aromatic heterocycles. The normalized spacial score (nSPS) is 34.8. The first-order chi connectivity index (χ1) is 4.70. The van der Waals surface area contributed by atoms with Crippen molar-refractivity contribution in [1.82, 2.24) is 4.90 Å². The van der Waals surface area contributed by atoms with E-state index in [-0.39, 0.29) is 0 Å². The van der Waals surface area contributed by atoms with Crippen molar-refractivity contribution in [1.29, 1.82) is 0 Å². The fourth-order valence-electron chi connectivity index (χ4n) is 1.55. The highest BCUT2D eigenvalue weighted by molar-refractivity contribution is 6.20. The molecule has 0 saturated heterocycles. The Hall–Kier alpha value is 0.250. The summed E-state index contributed by atoms with van der Waals surface area (Å²) in [6.07, 6.45) is 4.96. The molecule has 60 valence electrons. The molecule has 1 fully saturated rings. The van der Waals surface area contributed by atoms with Crippen LogP contribution in [0.4, 0.5) is 0 Å². The van der Waals surface area contributed by atoms with Crippen molar-refractivity contribution in [3.8, 4) is 0 Å². The van der Waals surface area contributed by atoms with Crippen LogP contribution in [0.15, 0.2) is 0 Å². The molecule has 0 N–H and O–H groups in total. The first kappa shape index (κ1) is 8.35. The average Bonchev–Trinajstić information content (AvgIpc) is 1.88.